The van der Waals surface area contributed by atoms with Gasteiger partial charge in [0.2, 0.25) is 0 Å². The van der Waals surface area contributed by atoms with Crippen molar-refractivity contribution in [1.29, 1.82) is 0 Å². The molecule has 0 heterocycles. The van der Waals surface area contributed by atoms with Crippen LogP contribution in [0.3, 0.4) is 0 Å². The Morgan fingerprint density at radius 1 is 1.29 bits per heavy atom. The third-order valence-corrected chi connectivity index (χ3v) is 2.22. The van der Waals surface area contributed by atoms with Gasteiger partial charge in [-0.2, -0.15) is 13.2 Å². The first-order chi connectivity index (χ1) is 7.71. The number of hydrogen-bond acceptors (Lipinski definition) is 3. The molecule has 0 radical (unpaired) electrons. The molecule has 6 heteroatoms. The molecule has 0 aromatic heterocycles. The molecule has 0 bridgehead atoms. The minimum absolute atomic E-state index is 0.0863. The van der Waals surface area contributed by atoms with Crippen LogP contribution in [0.25, 0.3) is 0 Å². The largest absolute Gasteiger partial charge is 0.508 e. The lowest BCUT2D eigenvalue weighted by molar-refractivity contribution is -0.206. The molecule has 0 fully saturated rings. The maximum atomic E-state index is 12.3. The monoisotopic (exact) mass is 249 g/mol. The second-order valence-electron chi connectivity index (χ2n) is 4.07. The number of alkyl halides is 3. The highest BCUT2D eigenvalue weighted by Crippen LogP contribution is 2.34. The van der Waals surface area contributed by atoms with Gasteiger partial charge >= 0.3 is 6.18 Å². The molecule has 0 unspecified atom stereocenters. The van der Waals surface area contributed by atoms with Gasteiger partial charge in [-0.15, -0.1) is 0 Å². The maximum Gasteiger partial charge on any atom is 0.418 e. The Bertz CT molecular complexity index is 391. The van der Waals surface area contributed by atoms with Crippen molar-refractivity contribution in [2.75, 3.05) is 14.1 Å². The fraction of sp³-hybridized carbons (Fsp3) is 0.455. The van der Waals surface area contributed by atoms with E-state index in [0.29, 0.717) is 12.1 Å². The van der Waals surface area contributed by atoms with Gasteiger partial charge < -0.3 is 15.1 Å². The average molecular weight is 249 g/mol. The zero-order chi connectivity index (χ0) is 13.2. The van der Waals surface area contributed by atoms with Crippen molar-refractivity contribution in [3.63, 3.8) is 0 Å². The third-order valence-electron chi connectivity index (χ3n) is 2.22. The topological polar surface area (TPSA) is 43.7 Å². The van der Waals surface area contributed by atoms with E-state index < -0.39 is 12.3 Å². The van der Waals surface area contributed by atoms with E-state index in [0.717, 1.165) is 18.2 Å². The predicted octanol–water partition coefficient (Wildman–Crippen LogP) is 2.05. The molecule has 1 aromatic rings. The van der Waals surface area contributed by atoms with Gasteiger partial charge in [-0.25, -0.2) is 0 Å². The van der Waals surface area contributed by atoms with Gasteiger partial charge in [0.05, 0.1) is 0 Å². The minimum atomic E-state index is -4.70. The van der Waals surface area contributed by atoms with Crippen molar-refractivity contribution in [3.05, 3.63) is 29.3 Å². The summed E-state index contributed by atoms with van der Waals surface area (Å²) in [5.74, 6) is -0.0863. The molecule has 0 saturated carbocycles. The van der Waals surface area contributed by atoms with E-state index in [-0.39, 0.29) is 11.3 Å². The molecule has 2 N–H and O–H groups in total. The van der Waals surface area contributed by atoms with Crippen molar-refractivity contribution >= 4 is 0 Å². The summed E-state index contributed by atoms with van der Waals surface area (Å²) in [6.45, 7) is 0.296. The van der Waals surface area contributed by atoms with Crippen LogP contribution in [-0.2, 0) is 6.54 Å². The number of aliphatic hydroxyl groups is 1. The van der Waals surface area contributed by atoms with E-state index in [9.17, 15) is 18.3 Å². The second kappa shape index (κ2) is 4.93. The summed E-state index contributed by atoms with van der Waals surface area (Å²) < 4.78 is 36.9. The van der Waals surface area contributed by atoms with E-state index in [2.05, 4.69) is 0 Å². The van der Waals surface area contributed by atoms with E-state index >= 15 is 0 Å². The van der Waals surface area contributed by atoms with Crippen LogP contribution >= 0.6 is 0 Å². The summed E-state index contributed by atoms with van der Waals surface area (Å²) in [6.07, 6.45) is -7.23. The first kappa shape index (κ1) is 13.8. The minimum Gasteiger partial charge on any atom is -0.508 e. The highest BCUT2D eigenvalue weighted by molar-refractivity contribution is 5.37. The molecular weight excluding hydrogens is 235 g/mol. The molecule has 0 aliphatic rings. The van der Waals surface area contributed by atoms with Gasteiger partial charge in [-0.1, -0.05) is 6.07 Å². The summed E-state index contributed by atoms with van der Waals surface area (Å²) in [4.78, 5) is 1.71. The first-order valence-corrected chi connectivity index (χ1v) is 4.93. The van der Waals surface area contributed by atoms with Gasteiger partial charge in [0.25, 0.3) is 0 Å². The summed E-state index contributed by atoms with van der Waals surface area (Å²) >= 11 is 0. The molecule has 1 aromatic carbocycles. The number of benzene rings is 1. The van der Waals surface area contributed by atoms with Gasteiger partial charge in [0.15, 0.2) is 6.10 Å². The molecule has 0 aliphatic carbocycles. The number of hydrogen-bond donors (Lipinski definition) is 2. The van der Waals surface area contributed by atoms with Gasteiger partial charge in [0.1, 0.15) is 5.75 Å². The number of aliphatic hydroxyl groups excluding tert-OH is 1. The van der Waals surface area contributed by atoms with Crippen LogP contribution in [0, 0.1) is 0 Å². The number of aromatic hydroxyl groups is 1. The summed E-state index contributed by atoms with van der Waals surface area (Å²) in [7, 11) is 3.46. The van der Waals surface area contributed by atoms with E-state index in [1.807, 2.05) is 0 Å². The molecule has 1 atom stereocenters. The van der Waals surface area contributed by atoms with Crippen LogP contribution < -0.4 is 0 Å². The highest BCUT2D eigenvalue weighted by atomic mass is 19.4. The Balaban J connectivity index is 3.04. The lowest BCUT2D eigenvalue weighted by Crippen LogP contribution is -2.20. The van der Waals surface area contributed by atoms with Crippen molar-refractivity contribution in [1.82, 2.24) is 4.90 Å². The molecule has 3 nitrogen and oxygen atoms in total. The first-order valence-electron chi connectivity index (χ1n) is 4.93. The Hall–Kier alpha value is -1.27. The molecule has 0 spiro atoms. The summed E-state index contributed by atoms with van der Waals surface area (Å²) in [5.41, 5.74) is 0.0722. The van der Waals surface area contributed by atoms with Crippen LogP contribution in [-0.4, -0.2) is 35.4 Å². The Morgan fingerprint density at radius 2 is 1.88 bits per heavy atom. The van der Waals surface area contributed by atoms with Crippen LogP contribution in [0.5, 0.6) is 5.75 Å². The molecule has 0 saturated heterocycles. The zero-order valence-corrected chi connectivity index (χ0v) is 9.49. The Labute approximate surface area is 97.1 Å². The molecule has 1 rings (SSSR count). The zero-order valence-electron chi connectivity index (χ0n) is 9.49. The fourth-order valence-electron chi connectivity index (χ4n) is 1.43. The SMILES string of the molecule is CN(C)Cc1cc([C@@H](O)C(F)(F)F)ccc1O. The number of phenols is 1. The fourth-order valence-corrected chi connectivity index (χ4v) is 1.43. The molecule has 96 valence electrons. The molecule has 0 amide bonds. The Kier molecular flexibility index (Phi) is 4.00. The number of phenolic OH excluding ortho intramolecular Hbond substituents is 1. The van der Waals surface area contributed by atoms with Crippen LogP contribution in [0.2, 0.25) is 0 Å². The maximum absolute atomic E-state index is 12.3. The number of halogens is 3. The van der Waals surface area contributed by atoms with Crippen molar-refractivity contribution in [2.45, 2.75) is 18.8 Å². The van der Waals surface area contributed by atoms with E-state index in [1.54, 1.807) is 19.0 Å². The smallest absolute Gasteiger partial charge is 0.418 e. The van der Waals surface area contributed by atoms with Crippen molar-refractivity contribution in [2.24, 2.45) is 0 Å². The van der Waals surface area contributed by atoms with E-state index in [4.69, 9.17) is 5.11 Å². The lowest BCUT2D eigenvalue weighted by Gasteiger charge is -2.17. The molecular formula is C11H14F3NO2. The quantitative estimate of drug-likeness (QED) is 0.861. The number of rotatable bonds is 3. The van der Waals surface area contributed by atoms with Gasteiger partial charge in [0, 0.05) is 12.1 Å². The summed E-state index contributed by atoms with van der Waals surface area (Å²) in [6, 6.07) is 3.38. The molecule has 17 heavy (non-hydrogen) atoms. The standard InChI is InChI=1S/C11H14F3NO2/c1-15(2)6-8-5-7(3-4-9(8)16)10(17)11(12,13)14/h3-5,10,16-17H,6H2,1-2H3/t10-/m1/s1. The Morgan fingerprint density at radius 3 is 2.35 bits per heavy atom. The molecule has 0 aliphatic heterocycles. The van der Waals surface area contributed by atoms with Crippen LogP contribution in [0.4, 0.5) is 13.2 Å². The predicted molar refractivity (Wildman–Crippen MR) is 56.5 cm³/mol. The van der Waals surface area contributed by atoms with Crippen LogP contribution in [0.1, 0.15) is 17.2 Å². The van der Waals surface area contributed by atoms with E-state index in [1.165, 1.54) is 0 Å². The van der Waals surface area contributed by atoms with Crippen molar-refractivity contribution in [3.8, 4) is 5.75 Å². The second-order valence-corrected chi connectivity index (χ2v) is 4.07. The number of nitrogens with zero attached hydrogens (tertiary/aromatic N) is 1. The highest BCUT2D eigenvalue weighted by Gasteiger charge is 2.39. The van der Waals surface area contributed by atoms with Gasteiger partial charge in [-0.3, -0.25) is 0 Å². The normalized spacial score (nSPS) is 14.1. The summed E-state index contributed by atoms with van der Waals surface area (Å²) in [5, 5.41) is 18.6. The van der Waals surface area contributed by atoms with Gasteiger partial charge in [-0.05, 0) is 31.8 Å². The average Bonchev–Trinajstić information content (AvgIpc) is 2.18. The van der Waals surface area contributed by atoms with Crippen molar-refractivity contribution < 1.29 is 23.4 Å². The lowest BCUT2D eigenvalue weighted by atomic mass is 10.0. The third kappa shape index (κ3) is 3.61. The van der Waals surface area contributed by atoms with Crippen LogP contribution in [0.15, 0.2) is 18.2 Å².